The second-order valence-corrected chi connectivity index (χ2v) is 1.96. The molecule has 0 radical (unpaired) electrons. The zero-order valence-corrected chi connectivity index (χ0v) is 6.31. The number of ether oxygens (including phenoxy) is 1. The minimum Gasteiger partial charge on any atom is -0.371 e. The summed E-state index contributed by atoms with van der Waals surface area (Å²) in [6, 6.07) is 0. The lowest BCUT2D eigenvalue weighted by Gasteiger charge is -2.09. The van der Waals surface area contributed by atoms with Crippen molar-refractivity contribution >= 4 is 5.78 Å². The summed E-state index contributed by atoms with van der Waals surface area (Å²) in [6.45, 7) is 6.02. The third kappa shape index (κ3) is 3.25. The van der Waals surface area contributed by atoms with Crippen molar-refractivity contribution in [3.05, 3.63) is 0 Å². The van der Waals surface area contributed by atoms with Crippen LogP contribution >= 0.6 is 0 Å². The molecule has 0 aromatic carbocycles. The molecule has 0 aromatic heterocycles. The lowest BCUT2D eigenvalue weighted by molar-refractivity contribution is -0.128. The first-order valence-corrected chi connectivity index (χ1v) is 3.34. The van der Waals surface area contributed by atoms with E-state index in [1.165, 1.54) is 0 Å². The molecule has 0 aromatic rings. The van der Waals surface area contributed by atoms with Gasteiger partial charge in [0.25, 0.3) is 0 Å². The third-order valence-corrected chi connectivity index (χ3v) is 1.19. The van der Waals surface area contributed by atoms with Crippen molar-refractivity contribution in [3.63, 3.8) is 0 Å². The molecule has 0 aliphatic carbocycles. The Morgan fingerprint density at radius 1 is 1.56 bits per heavy atom. The van der Waals surface area contributed by atoms with E-state index in [1.54, 1.807) is 6.92 Å². The molecule has 0 bridgehead atoms. The van der Waals surface area contributed by atoms with Crippen LogP contribution in [0.5, 0.6) is 0 Å². The predicted octanol–water partition coefficient (Wildman–Crippen LogP) is 1.39. The van der Waals surface area contributed by atoms with Crippen LogP contribution in [-0.2, 0) is 9.53 Å². The summed E-state index contributed by atoms with van der Waals surface area (Å²) < 4.78 is 5.10. The first-order valence-electron chi connectivity index (χ1n) is 3.34. The molecule has 0 aliphatic heterocycles. The fourth-order valence-electron chi connectivity index (χ4n) is 0.724. The van der Waals surface area contributed by atoms with Gasteiger partial charge in [0.15, 0.2) is 5.78 Å². The van der Waals surface area contributed by atoms with Gasteiger partial charge in [-0.1, -0.05) is 6.92 Å². The van der Waals surface area contributed by atoms with Gasteiger partial charge in [0.2, 0.25) is 0 Å². The summed E-state index contributed by atoms with van der Waals surface area (Å²) in [6.07, 6.45) is 0.610. The molecular formula is C7H14O2. The molecule has 0 heterocycles. The molecule has 1 unspecified atom stereocenters. The minimum absolute atomic E-state index is 0.124. The third-order valence-electron chi connectivity index (χ3n) is 1.19. The van der Waals surface area contributed by atoms with Gasteiger partial charge >= 0.3 is 0 Å². The average molecular weight is 130 g/mol. The van der Waals surface area contributed by atoms with Crippen molar-refractivity contribution in [3.8, 4) is 0 Å². The molecule has 0 N–H and O–H groups in total. The van der Waals surface area contributed by atoms with E-state index in [0.29, 0.717) is 6.61 Å². The van der Waals surface area contributed by atoms with Crippen LogP contribution in [0.4, 0.5) is 0 Å². The highest BCUT2D eigenvalue weighted by atomic mass is 16.5. The van der Waals surface area contributed by atoms with Gasteiger partial charge in [-0.25, -0.2) is 0 Å². The number of hydrogen-bond donors (Lipinski definition) is 0. The minimum atomic E-state index is -0.171. The Hall–Kier alpha value is -0.370. The van der Waals surface area contributed by atoms with Crippen molar-refractivity contribution in [2.75, 3.05) is 6.61 Å². The van der Waals surface area contributed by atoms with Crippen molar-refractivity contribution in [1.82, 2.24) is 0 Å². The summed E-state index contributed by atoms with van der Waals surface area (Å²) in [5.74, 6) is 0.124. The molecule has 0 saturated carbocycles. The molecule has 0 amide bonds. The standard InChI is InChI=1S/C7H14O2/c1-4-7(6(3)8)9-5-2/h7H,4-5H2,1-3H3. The van der Waals surface area contributed by atoms with Crippen LogP contribution in [-0.4, -0.2) is 18.5 Å². The first-order chi connectivity index (χ1) is 4.22. The largest absolute Gasteiger partial charge is 0.371 e. The second kappa shape index (κ2) is 4.50. The zero-order chi connectivity index (χ0) is 7.28. The number of carbonyl (C=O) groups excluding carboxylic acids is 1. The Morgan fingerprint density at radius 3 is 2.22 bits per heavy atom. The Labute approximate surface area is 56.2 Å². The molecule has 54 valence electrons. The topological polar surface area (TPSA) is 26.3 Å². The number of carbonyl (C=O) groups is 1. The number of ketones is 1. The Kier molecular flexibility index (Phi) is 4.32. The van der Waals surface area contributed by atoms with E-state index in [1.807, 2.05) is 13.8 Å². The molecule has 9 heavy (non-hydrogen) atoms. The van der Waals surface area contributed by atoms with Gasteiger partial charge in [0, 0.05) is 6.61 Å². The highest BCUT2D eigenvalue weighted by Crippen LogP contribution is 1.97. The normalized spacial score (nSPS) is 13.2. The van der Waals surface area contributed by atoms with Gasteiger partial charge in [-0.15, -0.1) is 0 Å². The van der Waals surface area contributed by atoms with Crippen molar-refractivity contribution in [2.45, 2.75) is 33.3 Å². The highest BCUT2D eigenvalue weighted by molar-refractivity contribution is 5.80. The molecule has 0 saturated heterocycles. The van der Waals surface area contributed by atoms with E-state index in [2.05, 4.69) is 0 Å². The van der Waals surface area contributed by atoms with E-state index in [4.69, 9.17) is 4.74 Å². The first kappa shape index (κ1) is 8.63. The molecule has 0 spiro atoms. The Morgan fingerprint density at radius 2 is 2.11 bits per heavy atom. The number of rotatable bonds is 4. The number of hydrogen-bond acceptors (Lipinski definition) is 2. The van der Waals surface area contributed by atoms with Crippen LogP contribution in [0.3, 0.4) is 0 Å². The molecular weight excluding hydrogens is 116 g/mol. The van der Waals surface area contributed by atoms with E-state index in [-0.39, 0.29) is 11.9 Å². The van der Waals surface area contributed by atoms with Gasteiger partial charge in [0.1, 0.15) is 6.10 Å². The number of Topliss-reactive ketones (excluding diaryl/α,β-unsaturated/α-hetero) is 1. The van der Waals surface area contributed by atoms with Gasteiger partial charge in [0.05, 0.1) is 0 Å². The quantitative estimate of drug-likeness (QED) is 0.574. The van der Waals surface area contributed by atoms with Crippen LogP contribution in [0.25, 0.3) is 0 Å². The van der Waals surface area contributed by atoms with E-state index >= 15 is 0 Å². The van der Waals surface area contributed by atoms with Crippen LogP contribution in [0.2, 0.25) is 0 Å². The average Bonchev–Trinajstić information content (AvgIpc) is 1.82. The summed E-state index contributed by atoms with van der Waals surface area (Å²) in [4.78, 5) is 10.6. The summed E-state index contributed by atoms with van der Waals surface area (Å²) in [7, 11) is 0. The molecule has 0 rings (SSSR count). The van der Waals surface area contributed by atoms with Crippen LogP contribution in [0, 0.1) is 0 Å². The fraction of sp³-hybridized carbons (Fsp3) is 0.857. The van der Waals surface area contributed by atoms with Crippen LogP contribution in [0.15, 0.2) is 0 Å². The van der Waals surface area contributed by atoms with Crippen LogP contribution < -0.4 is 0 Å². The monoisotopic (exact) mass is 130 g/mol. The van der Waals surface area contributed by atoms with Gasteiger partial charge in [-0.05, 0) is 20.3 Å². The fourth-order valence-corrected chi connectivity index (χ4v) is 0.724. The van der Waals surface area contributed by atoms with E-state index in [9.17, 15) is 4.79 Å². The SMILES string of the molecule is CCOC(CC)C(C)=O. The van der Waals surface area contributed by atoms with E-state index < -0.39 is 0 Å². The smallest absolute Gasteiger partial charge is 0.158 e. The molecule has 0 fully saturated rings. The predicted molar refractivity (Wildman–Crippen MR) is 36.4 cm³/mol. The van der Waals surface area contributed by atoms with Crippen LogP contribution in [0.1, 0.15) is 27.2 Å². The molecule has 0 aliphatic rings. The maximum atomic E-state index is 10.6. The van der Waals surface area contributed by atoms with Crippen molar-refractivity contribution in [2.24, 2.45) is 0 Å². The van der Waals surface area contributed by atoms with Gasteiger partial charge < -0.3 is 4.74 Å². The van der Waals surface area contributed by atoms with Gasteiger partial charge in [-0.3, -0.25) is 4.79 Å². The van der Waals surface area contributed by atoms with Crippen molar-refractivity contribution < 1.29 is 9.53 Å². The van der Waals surface area contributed by atoms with E-state index in [0.717, 1.165) is 6.42 Å². The molecule has 2 nitrogen and oxygen atoms in total. The Bertz CT molecular complexity index is 88.9. The highest BCUT2D eigenvalue weighted by Gasteiger charge is 2.09. The Balaban J connectivity index is 3.54. The maximum absolute atomic E-state index is 10.6. The maximum Gasteiger partial charge on any atom is 0.158 e. The molecule has 1 atom stereocenters. The van der Waals surface area contributed by atoms with Gasteiger partial charge in [-0.2, -0.15) is 0 Å². The summed E-state index contributed by atoms with van der Waals surface area (Å²) in [5.41, 5.74) is 0. The summed E-state index contributed by atoms with van der Waals surface area (Å²) >= 11 is 0. The lowest BCUT2D eigenvalue weighted by atomic mass is 10.2. The molecule has 2 heteroatoms. The lowest BCUT2D eigenvalue weighted by Crippen LogP contribution is -2.20. The second-order valence-electron chi connectivity index (χ2n) is 1.96. The zero-order valence-electron chi connectivity index (χ0n) is 6.31. The summed E-state index contributed by atoms with van der Waals surface area (Å²) in [5, 5.41) is 0. The van der Waals surface area contributed by atoms with Crippen molar-refractivity contribution in [1.29, 1.82) is 0 Å².